The molecule has 1 aromatic heterocycles. The topological polar surface area (TPSA) is 88.4 Å². The zero-order valence-corrected chi connectivity index (χ0v) is 17.9. The van der Waals surface area contributed by atoms with Gasteiger partial charge in [0.25, 0.3) is 0 Å². The number of hydrogen-bond donors (Lipinski definition) is 2. The third-order valence-corrected chi connectivity index (χ3v) is 5.98. The molecule has 0 atom stereocenters. The van der Waals surface area contributed by atoms with Gasteiger partial charge in [-0.2, -0.15) is 0 Å². The predicted octanol–water partition coefficient (Wildman–Crippen LogP) is 4.34. The van der Waals surface area contributed by atoms with Crippen LogP contribution in [0.3, 0.4) is 0 Å². The minimum absolute atomic E-state index is 0.0784. The maximum atomic E-state index is 12.4. The minimum atomic E-state index is -3.65. The van der Waals surface area contributed by atoms with E-state index in [1.165, 1.54) is 24.5 Å². The zero-order chi connectivity index (χ0) is 21.7. The molecule has 156 valence electrons. The number of benzene rings is 2. The fourth-order valence-corrected chi connectivity index (χ4v) is 4.13. The van der Waals surface area contributed by atoms with Gasteiger partial charge in [0, 0.05) is 11.8 Å². The number of sulfonamides is 1. The molecule has 1 amide bonds. The summed E-state index contributed by atoms with van der Waals surface area (Å²) in [5.41, 5.74) is 4.68. The van der Waals surface area contributed by atoms with Crippen molar-refractivity contribution >= 4 is 27.7 Å². The van der Waals surface area contributed by atoms with Gasteiger partial charge in [0.05, 0.1) is 17.7 Å². The summed E-state index contributed by atoms with van der Waals surface area (Å²) in [6, 6.07) is 13.7. The number of furan rings is 1. The van der Waals surface area contributed by atoms with Crippen LogP contribution in [-0.2, 0) is 21.4 Å². The van der Waals surface area contributed by atoms with Gasteiger partial charge in [-0.3, -0.25) is 4.79 Å². The molecule has 0 saturated carbocycles. The molecule has 0 aliphatic rings. The van der Waals surface area contributed by atoms with Crippen molar-refractivity contribution in [2.24, 2.45) is 0 Å². The van der Waals surface area contributed by atoms with Crippen molar-refractivity contribution in [1.82, 2.24) is 4.72 Å². The van der Waals surface area contributed by atoms with E-state index in [4.69, 9.17) is 4.42 Å². The van der Waals surface area contributed by atoms with E-state index < -0.39 is 10.0 Å². The molecule has 0 saturated heterocycles. The molecular formula is C23H24N2O4S. The lowest BCUT2D eigenvalue weighted by molar-refractivity contribution is -0.111. The highest BCUT2D eigenvalue weighted by Crippen LogP contribution is 2.22. The number of rotatable bonds is 7. The predicted molar refractivity (Wildman–Crippen MR) is 117 cm³/mol. The maximum absolute atomic E-state index is 12.4. The van der Waals surface area contributed by atoms with Crippen molar-refractivity contribution in [3.63, 3.8) is 0 Å². The molecule has 6 nitrogen and oxygen atoms in total. The SMILES string of the molecule is Cc1cc(C)c(NC(=O)/C=C/c2ccc(S(=O)(=O)NCc3ccco3)cc2)c(C)c1. The summed E-state index contributed by atoms with van der Waals surface area (Å²) in [6.45, 7) is 6.01. The van der Waals surface area contributed by atoms with Gasteiger partial charge in [0.1, 0.15) is 5.76 Å². The Bertz CT molecular complexity index is 1140. The molecule has 0 aliphatic heterocycles. The van der Waals surface area contributed by atoms with E-state index in [-0.39, 0.29) is 17.3 Å². The quantitative estimate of drug-likeness (QED) is 0.553. The summed E-state index contributed by atoms with van der Waals surface area (Å²) in [4.78, 5) is 12.4. The smallest absolute Gasteiger partial charge is 0.248 e. The van der Waals surface area contributed by atoms with Crippen molar-refractivity contribution in [1.29, 1.82) is 0 Å². The first-order valence-electron chi connectivity index (χ1n) is 9.43. The van der Waals surface area contributed by atoms with Gasteiger partial charge in [0.2, 0.25) is 15.9 Å². The molecule has 3 aromatic rings. The van der Waals surface area contributed by atoms with E-state index in [1.54, 1.807) is 30.3 Å². The van der Waals surface area contributed by atoms with Gasteiger partial charge in [-0.05, 0) is 67.8 Å². The molecule has 2 aromatic carbocycles. The normalized spacial score (nSPS) is 11.7. The van der Waals surface area contributed by atoms with Crippen LogP contribution in [0.15, 0.2) is 70.2 Å². The Hall–Kier alpha value is -3.16. The highest BCUT2D eigenvalue weighted by Gasteiger charge is 2.14. The maximum Gasteiger partial charge on any atom is 0.248 e. The Labute approximate surface area is 176 Å². The number of carbonyl (C=O) groups excluding carboxylic acids is 1. The van der Waals surface area contributed by atoms with Crippen LogP contribution in [-0.4, -0.2) is 14.3 Å². The van der Waals surface area contributed by atoms with Crippen LogP contribution >= 0.6 is 0 Å². The molecule has 0 radical (unpaired) electrons. The van der Waals surface area contributed by atoms with Crippen molar-refractivity contribution in [3.8, 4) is 0 Å². The van der Waals surface area contributed by atoms with Gasteiger partial charge in [-0.15, -0.1) is 0 Å². The highest BCUT2D eigenvalue weighted by atomic mass is 32.2. The Morgan fingerprint density at radius 2 is 1.70 bits per heavy atom. The Morgan fingerprint density at radius 3 is 2.30 bits per heavy atom. The number of anilines is 1. The fourth-order valence-electron chi connectivity index (χ4n) is 3.13. The van der Waals surface area contributed by atoms with Crippen LogP contribution in [0.5, 0.6) is 0 Å². The summed E-state index contributed by atoms with van der Waals surface area (Å²) in [7, 11) is -3.65. The van der Waals surface area contributed by atoms with E-state index >= 15 is 0 Å². The van der Waals surface area contributed by atoms with Crippen LogP contribution in [0, 0.1) is 20.8 Å². The summed E-state index contributed by atoms with van der Waals surface area (Å²) in [5, 5.41) is 2.90. The molecule has 0 unspecified atom stereocenters. The summed E-state index contributed by atoms with van der Waals surface area (Å²) >= 11 is 0. The summed E-state index contributed by atoms with van der Waals surface area (Å²) in [6.07, 6.45) is 4.56. The Balaban J connectivity index is 1.63. The van der Waals surface area contributed by atoms with E-state index in [9.17, 15) is 13.2 Å². The Kier molecular flexibility index (Phi) is 6.54. The van der Waals surface area contributed by atoms with Crippen molar-refractivity contribution in [2.75, 3.05) is 5.32 Å². The molecule has 0 spiro atoms. The molecule has 3 rings (SSSR count). The fraction of sp³-hybridized carbons (Fsp3) is 0.174. The number of amides is 1. The van der Waals surface area contributed by atoms with Crippen LogP contribution < -0.4 is 10.0 Å². The molecule has 0 bridgehead atoms. The number of carbonyl (C=O) groups is 1. The second-order valence-electron chi connectivity index (χ2n) is 7.07. The molecule has 0 aliphatic carbocycles. The standard InChI is InChI=1S/C23H24N2O4S/c1-16-13-17(2)23(18(3)14-16)25-22(26)11-8-19-6-9-21(10-7-19)30(27,28)24-15-20-5-4-12-29-20/h4-14,24H,15H2,1-3H3,(H,25,26)/b11-8+. The number of aryl methyl sites for hydroxylation is 3. The first kappa shape index (κ1) is 21.5. The van der Waals surface area contributed by atoms with Crippen LogP contribution in [0.2, 0.25) is 0 Å². The first-order valence-corrected chi connectivity index (χ1v) is 10.9. The van der Waals surface area contributed by atoms with Crippen molar-refractivity contribution in [2.45, 2.75) is 32.2 Å². The summed E-state index contributed by atoms with van der Waals surface area (Å²) < 4.78 is 32.3. The van der Waals surface area contributed by atoms with Crippen LogP contribution in [0.4, 0.5) is 5.69 Å². The van der Waals surface area contributed by atoms with Gasteiger partial charge in [-0.1, -0.05) is 29.8 Å². The van der Waals surface area contributed by atoms with E-state index in [0.29, 0.717) is 11.3 Å². The highest BCUT2D eigenvalue weighted by molar-refractivity contribution is 7.89. The van der Waals surface area contributed by atoms with Gasteiger partial charge in [-0.25, -0.2) is 13.1 Å². The largest absolute Gasteiger partial charge is 0.468 e. The van der Waals surface area contributed by atoms with E-state index in [0.717, 1.165) is 22.4 Å². The minimum Gasteiger partial charge on any atom is -0.468 e. The Morgan fingerprint density at radius 1 is 1.03 bits per heavy atom. The van der Waals surface area contributed by atoms with Crippen LogP contribution in [0.1, 0.15) is 28.0 Å². The second-order valence-corrected chi connectivity index (χ2v) is 8.84. The number of hydrogen-bond acceptors (Lipinski definition) is 4. The van der Waals surface area contributed by atoms with Crippen LogP contribution in [0.25, 0.3) is 6.08 Å². The molecule has 30 heavy (non-hydrogen) atoms. The average molecular weight is 425 g/mol. The summed E-state index contributed by atoms with van der Waals surface area (Å²) in [5.74, 6) is 0.282. The molecule has 7 heteroatoms. The number of nitrogens with one attached hydrogen (secondary N) is 2. The lowest BCUT2D eigenvalue weighted by atomic mass is 10.1. The zero-order valence-electron chi connectivity index (χ0n) is 17.1. The average Bonchev–Trinajstić information content (AvgIpc) is 3.22. The third-order valence-electron chi connectivity index (χ3n) is 4.56. The van der Waals surface area contributed by atoms with Gasteiger partial charge < -0.3 is 9.73 Å². The van der Waals surface area contributed by atoms with Crippen molar-refractivity contribution in [3.05, 3.63) is 88.9 Å². The van der Waals surface area contributed by atoms with E-state index in [1.807, 2.05) is 32.9 Å². The lowest BCUT2D eigenvalue weighted by Gasteiger charge is -2.11. The third kappa shape index (κ3) is 5.46. The second kappa shape index (κ2) is 9.11. The monoisotopic (exact) mass is 424 g/mol. The first-order chi connectivity index (χ1) is 14.2. The molecule has 2 N–H and O–H groups in total. The van der Waals surface area contributed by atoms with Crippen molar-refractivity contribution < 1.29 is 17.6 Å². The molecule has 1 heterocycles. The van der Waals surface area contributed by atoms with Gasteiger partial charge >= 0.3 is 0 Å². The lowest BCUT2D eigenvalue weighted by Crippen LogP contribution is -2.22. The molecule has 0 fully saturated rings. The molecular weight excluding hydrogens is 400 g/mol. The van der Waals surface area contributed by atoms with E-state index in [2.05, 4.69) is 10.0 Å². The van der Waals surface area contributed by atoms with Gasteiger partial charge in [0.15, 0.2) is 0 Å².